The fourth-order valence-corrected chi connectivity index (χ4v) is 3.63. The van der Waals surface area contributed by atoms with Gasteiger partial charge in [-0.2, -0.15) is 5.10 Å². The number of H-pyrrole nitrogens is 1. The highest BCUT2D eigenvalue weighted by atomic mass is 35.5. The number of pyridine rings is 1. The van der Waals surface area contributed by atoms with Crippen LogP contribution < -0.4 is 4.90 Å². The number of non-ortho nitro benzene ring substituents is 1. The molecule has 0 spiro atoms. The monoisotopic (exact) mass is 386 g/mol. The van der Waals surface area contributed by atoms with Crippen molar-refractivity contribution in [3.8, 4) is 11.3 Å². The van der Waals surface area contributed by atoms with E-state index in [-0.39, 0.29) is 5.69 Å². The molecule has 1 fully saturated rings. The van der Waals surface area contributed by atoms with Crippen molar-refractivity contribution >= 4 is 34.0 Å². The van der Waals surface area contributed by atoms with E-state index in [9.17, 15) is 10.1 Å². The average Bonchev–Trinajstić information content (AvgIpc) is 3.12. The number of aromatic nitrogens is 3. The van der Waals surface area contributed by atoms with Crippen LogP contribution in [0.1, 0.15) is 0 Å². The van der Waals surface area contributed by atoms with Crippen LogP contribution in [0.15, 0.2) is 36.5 Å². The number of rotatable bonds is 5. The van der Waals surface area contributed by atoms with Crippen LogP contribution in [0.3, 0.4) is 0 Å². The molecular weight excluding hydrogens is 368 g/mol. The second-order valence-corrected chi connectivity index (χ2v) is 6.86. The Hall–Kier alpha value is -2.71. The molecule has 1 aromatic carbocycles. The Bertz CT molecular complexity index is 967. The third kappa shape index (κ3) is 3.58. The van der Waals surface area contributed by atoms with Crippen molar-refractivity contribution in [3.05, 3.63) is 46.6 Å². The molecule has 3 heterocycles. The maximum absolute atomic E-state index is 11.1. The minimum atomic E-state index is -0.394. The van der Waals surface area contributed by atoms with Gasteiger partial charge in [-0.3, -0.25) is 20.1 Å². The first kappa shape index (κ1) is 17.7. The standard InChI is InChI=1S/C18H19ClN6O2/c19-4-6-23-7-9-24(10-8-23)17-11-13(3-5-20-17)18-15-12-14(25(26)27)1-2-16(15)21-22-18/h1-3,5,11-12H,4,6-10H2,(H,21,22). The lowest BCUT2D eigenvalue weighted by Gasteiger charge is -2.35. The molecule has 140 valence electrons. The molecule has 1 aliphatic rings. The summed E-state index contributed by atoms with van der Waals surface area (Å²) in [6.07, 6.45) is 1.76. The molecule has 1 aliphatic heterocycles. The van der Waals surface area contributed by atoms with Crippen molar-refractivity contribution in [3.63, 3.8) is 0 Å². The lowest BCUT2D eigenvalue weighted by atomic mass is 10.1. The van der Waals surface area contributed by atoms with E-state index in [4.69, 9.17) is 11.6 Å². The van der Waals surface area contributed by atoms with Crippen LogP contribution in [0, 0.1) is 10.1 Å². The quantitative estimate of drug-likeness (QED) is 0.412. The molecular formula is C18H19ClN6O2. The highest BCUT2D eigenvalue weighted by Crippen LogP contribution is 2.30. The predicted molar refractivity (Wildman–Crippen MR) is 105 cm³/mol. The molecule has 0 aliphatic carbocycles. The smallest absolute Gasteiger partial charge is 0.270 e. The lowest BCUT2D eigenvalue weighted by Crippen LogP contribution is -2.47. The van der Waals surface area contributed by atoms with Crippen molar-refractivity contribution in [2.45, 2.75) is 0 Å². The van der Waals surface area contributed by atoms with Crippen molar-refractivity contribution in [1.29, 1.82) is 0 Å². The van der Waals surface area contributed by atoms with Crippen LogP contribution in [0.2, 0.25) is 0 Å². The molecule has 3 aromatic rings. The molecule has 0 amide bonds. The third-order valence-corrected chi connectivity index (χ3v) is 5.04. The van der Waals surface area contributed by atoms with Crippen LogP contribution >= 0.6 is 11.6 Å². The lowest BCUT2D eigenvalue weighted by molar-refractivity contribution is -0.384. The molecule has 0 radical (unpaired) electrons. The zero-order valence-corrected chi connectivity index (χ0v) is 15.4. The second-order valence-electron chi connectivity index (χ2n) is 6.48. The maximum Gasteiger partial charge on any atom is 0.270 e. The first-order valence-corrected chi connectivity index (χ1v) is 9.31. The SMILES string of the molecule is O=[N+]([O-])c1ccc2[nH]nc(-c3ccnc(N4CCN(CCCl)CC4)c3)c2c1. The predicted octanol–water partition coefficient (Wildman–Crippen LogP) is 2.89. The number of aromatic amines is 1. The molecule has 1 saturated heterocycles. The Morgan fingerprint density at radius 2 is 2.00 bits per heavy atom. The van der Waals surface area contributed by atoms with E-state index in [2.05, 4.69) is 25.0 Å². The van der Waals surface area contributed by atoms with Crippen LogP contribution in [0.5, 0.6) is 0 Å². The number of piperazine rings is 1. The van der Waals surface area contributed by atoms with Gasteiger partial charge in [-0.15, -0.1) is 11.6 Å². The van der Waals surface area contributed by atoms with Crippen molar-refractivity contribution in [2.24, 2.45) is 0 Å². The van der Waals surface area contributed by atoms with Gasteiger partial charge in [0.25, 0.3) is 5.69 Å². The number of anilines is 1. The largest absolute Gasteiger partial charge is 0.354 e. The summed E-state index contributed by atoms with van der Waals surface area (Å²) in [6, 6.07) is 8.58. The Morgan fingerprint density at radius 1 is 1.19 bits per heavy atom. The fraction of sp³-hybridized carbons (Fsp3) is 0.333. The fourth-order valence-electron chi connectivity index (χ4n) is 3.39. The Balaban J connectivity index is 1.62. The highest BCUT2D eigenvalue weighted by molar-refractivity contribution is 6.18. The van der Waals surface area contributed by atoms with E-state index < -0.39 is 4.92 Å². The van der Waals surface area contributed by atoms with Gasteiger partial charge in [-0.25, -0.2) is 4.98 Å². The summed E-state index contributed by atoms with van der Waals surface area (Å²) in [5.74, 6) is 1.53. The van der Waals surface area contributed by atoms with Crippen LogP contribution in [0.25, 0.3) is 22.2 Å². The van der Waals surface area contributed by atoms with Gasteiger partial charge in [0.05, 0.1) is 10.4 Å². The molecule has 9 heteroatoms. The molecule has 1 N–H and O–H groups in total. The minimum Gasteiger partial charge on any atom is -0.354 e. The first-order valence-electron chi connectivity index (χ1n) is 8.78. The number of alkyl halides is 1. The zero-order valence-electron chi connectivity index (χ0n) is 14.6. The Kier molecular flexibility index (Phi) is 4.91. The van der Waals surface area contributed by atoms with Crippen molar-refractivity contribution in [1.82, 2.24) is 20.1 Å². The maximum atomic E-state index is 11.1. The summed E-state index contributed by atoms with van der Waals surface area (Å²) >= 11 is 5.82. The number of hydrogen-bond donors (Lipinski definition) is 1. The topological polar surface area (TPSA) is 91.2 Å². The Labute approximate surface area is 160 Å². The number of nitrogens with one attached hydrogen (secondary N) is 1. The highest BCUT2D eigenvalue weighted by Gasteiger charge is 2.19. The molecule has 8 nitrogen and oxygen atoms in total. The van der Waals surface area contributed by atoms with Gasteiger partial charge in [0.15, 0.2) is 0 Å². The number of benzene rings is 1. The van der Waals surface area contributed by atoms with Gasteiger partial charge >= 0.3 is 0 Å². The summed E-state index contributed by atoms with van der Waals surface area (Å²) in [4.78, 5) is 19.8. The van der Waals surface area contributed by atoms with Gasteiger partial charge in [-0.05, 0) is 18.2 Å². The van der Waals surface area contributed by atoms with Gasteiger partial charge in [0.1, 0.15) is 11.5 Å². The van der Waals surface area contributed by atoms with Gasteiger partial charge in [-0.1, -0.05) is 0 Å². The van der Waals surface area contributed by atoms with Crippen LogP contribution in [-0.4, -0.2) is 63.6 Å². The van der Waals surface area contributed by atoms with Gasteiger partial charge in [0, 0.05) is 67.9 Å². The van der Waals surface area contributed by atoms with E-state index in [1.54, 1.807) is 18.3 Å². The van der Waals surface area contributed by atoms with E-state index in [1.807, 2.05) is 12.1 Å². The first-order chi connectivity index (χ1) is 13.2. The van der Waals surface area contributed by atoms with Crippen molar-refractivity contribution < 1.29 is 4.92 Å². The Morgan fingerprint density at radius 3 is 2.74 bits per heavy atom. The summed E-state index contributed by atoms with van der Waals surface area (Å²) in [5, 5.41) is 19.1. The summed E-state index contributed by atoms with van der Waals surface area (Å²) in [5.41, 5.74) is 2.39. The third-order valence-electron chi connectivity index (χ3n) is 4.87. The molecule has 0 atom stereocenters. The van der Waals surface area contributed by atoms with Crippen LogP contribution in [-0.2, 0) is 0 Å². The van der Waals surface area contributed by atoms with Gasteiger partial charge in [0.2, 0.25) is 0 Å². The molecule has 0 unspecified atom stereocenters. The number of nitrogens with zero attached hydrogens (tertiary/aromatic N) is 5. The van der Waals surface area contributed by atoms with E-state index >= 15 is 0 Å². The normalized spacial score (nSPS) is 15.4. The molecule has 4 rings (SSSR count). The number of nitro benzene ring substituents is 1. The molecule has 27 heavy (non-hydrogen) atoms. The van der Waals surface area contributed by atoms with Crippen molar-refractivity contribution in [2.75, 3.05) is 43.5 Å². The number of fused-ring (bicyclic) bond motifs is 1. The second kappa shape index (κ2) is 7.50. The number of halogens is 1. The minimum absolute atomic E-state index is 0.0508. The van der Waals surface area contributed by atoms with Crippen LogP contribution in [0.4, 0.5) is 11.5 Å². The average molecular weight is 387 g/mol. The van der Waals surface area contributed by atoms with E-state index in [0.29, 0.717) is 11.6 Å². The van der Waals surface area contributed by atoms with Gasteiger partial charge < -0.3 is 4.90 Å². The zero-order chi connectivity index (χ0) is 18.8. The van der Waals surface area contributed by atoms with E-state index in [1.165, 1.54) is 6.07 Å². The number of hydrogen-bond acceptors (Lipinski definition) is 6. The summed E-state index contributed by atoms with van der Waals surface area (Å²) in [7, 11) is 0. The summed E-state index contributed by atoms with van der Waals surface area (Å²) < 4.78 is 0. The number of nitro groups is 1. The molecule has 2 aromatic heterocycles. The molecule has 0 bridgehead atoms. The van der Waals surface area contributed by atoms with E-state index in [0.717, 1.165) is 55.0 Å². The summed E-state index contributed by atoms with van der Waals surface area (Å²) in [6.45, 7) is 4.59. The molecule has 0 saturated carbocycles.